The van der Waals surface area contributed by atoms with E-state index in [1.54, 1.807) is 6.92 Å². The molecule has 0 aromatic carbocycles. The SMILES string of the molecule is CCCn1c(C(C(F)(F)F)C(F)(F)F)n[nH]c1=S. The molecule has 104 valence electrons. The van der Waals surface area contributed by atoms with E-state index < -0.39 is 24.1 Å². The first-order valence-corrected chi connectivity index (χ1v) is 5.28. The number of nitrogens with zero attached hydrogens (tertiary/aromatic N) is 2. The second-order valence-corrected chi connectivity index (χ2v) is 3.94. The van der Waals surface area contributed by atoms with Gasteiger partial charge in [-0.15, -0.1) is 0 Å². The molecule has 0 amide bonds. The molecule has 1 rings (SSSR count). The highest BCUT2D eigenvalue weighted by atomic mass is 32.1. The lowest BCUT2D eigenvalue weighted by Gasteiger charge is -2.22. The van der Waals surface area contributed by atoms with Crippen LogP contribution in [0, 0.1) is 4.77 Å². The molecule has 1 N–H and O–H groups in total. The lowest BCUT2D eigenvalue weighted by Crippen LogP contribution is -2.36. The average Bonchev–Trinajstić information content (AvgIpc) is 2.46. The van der Waals surface area contributed by atoms with E-state index in [1.165, 1.54) is 0 Å². The summed E-state index contributed by atoms with van der Waals surface area (Å²) >= 11 is 4.61. The summed E-state index contributed by atoms with van der Waals surface area (Å²) in [6.45, 7) is 1.54. The van der Waals surface area contributed by atoms with Crippen LogP contribution in [0.2, 0.25) is 0 Å². The van der Waals surface area contributed by atoms with E-state index in [9.17, 15) is 26.3 Å². The zero-order chi connectivity index (χ0) is 14.1. The van der Waals surface area contributed by atoms with Gasteiger partial charge in [0.25, 0.3) is 0 Å². The molecule has 0 aliphatic rings. The number of aromatic nitrogens is 3. The summed E-state index contributed by atoms with van der Waals surface area (Å²) in [6, 6.07) is 0. The largest absolute Gasteiger partial charge is 0.407 e. The summed E-state index contributed by atoms with van der Waals surface area (Å²) in [4.78, 5) is 0. The number of hydrogen-bond donors (Lipinski definition) is 1. The van der Waals surface area contributed by atoms with Crippen LogP contribution in [0.1, 0.15) is 25.1 Å². The zero-order valence-corrected chi connectivity index (χ0v) is 9.88. The van der Waals surface area contributed by atoms with Gasteiger partial charge < -0.3 is 4.57 Å². The normalized spacial score (nSPS) is 13.3. The third kappa shape index (κ3) is 3.03. The molecule has 0 unspecified atom stereocenters. The van der Waals surface area contributed by atoms with E-state index in [-0.39, 0.29) is 11.3 Å². The molecule has 0 fully saturated rings. The standard InChI is InChI=1S/C8H9F6N3S/c1-2-3-17-5(15-16-6(17)18)4(7(9,10)11)8(12,13)14/h4H,2-3H2,1H3,(H,16,18). The van der Waals surface area contributed by atoms with Gasteiger partial charge in [-0.3, -0.25) is 5.10 Å². The number of aromatic amines is 1. The highest BCUT2D eigenvalue weighted by Gasteiger charge is 2.60. The maximum atomic E-state index is 12.5. The highest BCUT2D eigenvalue weighted by molar-refractivity contribution is 7.71. The zero-order valence-electron chi connectivity index (χ0n) is 9.06. The van der Waals surface area contributed by atoms with Gasteiger partial charge in [0.1, 0.15) is 0 Å². The molecule has 0 saturated carbocycles. The molecule has 0 aliphatic heterocycles. The Hall–Kier alpha value is -1.06. The van der Waals surface area contributed by atoms with Crippen LogP contribution in [-0.4, -0.2) is 27.1 Å². The third-order valence-corrected chi connectivity index (χ3v) is 2.46. The number of nitrogens with one attached hydrogen (secondary N) is 1. The third-order valence-electron chi connectivity index (χ3n) is 2.15. The predicted octanol–water partition coefficient (Wildman–Crippen LogP) is 3.56. The molecular formula is C8H9F6N3S. The van der Waals surface area contributed by atoms with Crippen LogP contribution in [0.4, 0.5) is 26.3 Å². The fraction of sp³-hybridized carbons (Fsp3) is 0.750. The molecule has 1 aromatic heterocycles. The molecule has 1 aromatic rings. The minimum Gasteiger partial charge on any atom is -0.303 e. The number of halogens is 6. The van der Waals surface area contributed by atoms with Crippen LogP contribution >= 0.6 is 12.2 Å². The topological polar surface area (TPSA) is 33.6 Å². The van der Waals surface area contributed by atoms with E-state index in [0.29, 0.717) is 6.42 Å². The Morgan fingerprint density at radius 1 is 1.22 bits per heavy atom. The molecule has 10 heteroatoms. The van der Waals surface area contributed by atoms with Crippen molar-refractivity contribution in [2.75, 3.05) is 0 Å². The predicted molar refractivity (Wildman–Crippen MR) is 52.6 cm³/mol. The highest BCUT2D eigenvalue weighted by Crippen LogP contribution is 2.45. The van der Waals surface area contributed by atoms with Gasteiger partial charge in [0.15, 0.2) is 10.6 Å². The second-order valence-electron chi connectivity index (χ2n) is 3.55. The first kappa shape index (κ1) is 15.0. The van der Waals surface area contributed by atoms with E-state index >= 15 is 0 Å². The smallest absolute Gasteiger partial charge is 0.303 e. The van der Waals surface area contributed by atoms with Crippen molar-refractivity contribution in [2.24, 2.45) is 0 Å². The molecule has 0 spiro atoms. The fourth-order valence-corrected chi connectivity index (χ4v) is 1.70. The summed E-state index contributed by atoms with van der Waals surface area (Å²) in [5, 5.41) is 5.04. The molecule has 0 radical (unpaired) electrons. The monoisotopic (exact) mass is 293 g/mol. The quantitative estimate of drug-likeness (QED) is 0.683. The lowest BCUT2D eigenvalue weighted by molar-refractivity contribution is -0.256. The van der Waals surface area contributed by atoms with E-state index in [4.69, 9.17) is 0 Å². The van der Waals surface area contributed by atoms with Crippen molar-refractivity contribution in [2.45, 2.75) is 38.2 Å². The molecular weight excluding hydrogens is 284 g/mol. The van der Waals surface area contributed by atoms with Gasteiger partial charge in [-0.05, 0) is 18.6 Å². The van der Waals surface area contributed by atoms with Crippen LogP contribution in [0.25, 0.3) is 0 Å². The molecule has 18 heavy (non-hydrogen) atoms. The Morgan fingerprint density at radius 2 is 1.72 bits per heavy atom. The second kappa shape index (κ2) is 4.90. The molecule has 0 bridgehead atoms. The first-order chi connectivity index (χ1) is 8.09. The Balaban J connectivity index is 3.36. The summed E-state index contributed by atoms with van der Waals surface area (Å²) in [6.07, 6.45) is -10.6. The summed E-state index contributed by atoms with van der Waals surface area (Å²) < 4.78 is 75.5. The first-order valence-electron chi connectivity index (χ1n) is 4.87. The van der Waals surface area contributed by atoms with Crippen LogP contribution in [-0.2, 0) is 6.54 Å². The van der Waals surface area contributed by atoms with Gasteiger partial charge in [0.2, 0.25) is 5.92 Å². The van der Waals surface area contributed by atoms with Gasteiger partial charge in [0, 0.05) is 6.54 Å². The van der Waals surface area contributed by atoms with Gasteiger partial charge in [-0.1, -0.05) is 6.92 Å². The van der Waals surface area contributed by atoms with Crippen molar-refractivity contribution in [3.8, 4) is 0 Å². The van der Waals surface area contributed by atoms with Crippen molar-refractivity contribution in [1.82, 2.24) is 14.8 Å². The summed E-state index contributed by atoms with van der Waals surface area (Å²) in [7, 11) is 0. The van der Waals surface area contributed by atoms with Crippen molar-refractivity contribution < 1.29 is 26.3 Å². The van der Waals surface area contributed by atoms with Gasteiger partial charge in [-0.2, -0.15) is 31.4 Å². The molecule has 3 nitrogen and oxygen atoms in total. The van der Waals surface area contributed by atoms with Crippen molar-refractivity contribution >= 4 is 12.2 Å². The minimum absolute atomic E-state index is 0.0622. The van der Waals surface area contributed by atoms with Gasteiger partial charge in [0.05, 0.1) is 0 Å². The lowest BCUT2D eigenvalue weighted by atomic mass is 10.1. The maximum Gasteiger partial charge on any atom is 0.407 e. The molecule has 0 saturated heterocycles. The van der Waals surface area contributed by atoms with Crippen molar-refractivity contribution in [1.29, 1.82) is 0 Å². The minimum atomic E-state index is -5.47. The van der Waals surface area contributed by atoms with Crippen molar-refractivity contribution in [3.05, 3.63) is 10.6 Å². The van der Waals surface area contributed by atoms with Crippen LogP contribution in [0.5, 0.6) is 0 Å². The Morgan fingerprint density at radius 3 is 2.11 bits per heavy atom. The maximum absolute atomic E-state index is 12.5. The Bertz CT molecular complexity index is 443. The number of alkyl halides is 6. The van der Waals surface area contributed by atoms with Gasteiger partial charge >= 0.3 is 12.4 Å². The molecule has 0 atom stereocenters. The van der Waals surface area contributed by atoms with E-state index in [0.717, 1.165) is 4.57 Å². The van der Waals surface area contributed by atoms with Crippen LogP contribution in [0.15, 0.2) is 0 Å². The van der Waals surface area contributed by atoms with E-state index in [2.05, 4.69) is 17.3 Å². The Kier molecular flexibility index (Phi) is 4.08. The summed E-state index contributed by atoms with van der Waals surface area (Å²) in [5.74, 6) is -4.79. The van der Waals surface area contributed by atoms with E-state index in [1.807, 2.05) is 5.10 Å². The fourth-order valence-electron chi connectivity index (χ4n) is 1.47. The van der Waals surface area contributed by atoms with Gasteiger partial charge in [-0.25, -0.2) is 0 Å². The molecule has 0 aliphatic carbocycles. The number of rotatable bonds is 3. The number of H-pyrrole nitrogens is 1. The van der Waals surface area contributed by atoms with Crippen LogP contribution < -0.4 is 0 Å². The number of hydrogen-bond acceptors (Lipinski definition) is 2. The molecule has 1 heterocycles. The summed E-state index contributed by atoms with van der Waals surface area (Å²) in [5.41, 5.74) is 0. The van der Waals surface area contributed by atoms with Crippen LogP contribution in [0.3, 0.4) is 0 Å². The average molecular weight is 293 g/mol. The Labute approximate surface area is 103 Å². The van der Waals surface area contributed by atoms with Crippen molar-refractivity contribution in [3.63, 3.8) is 0 Å².